The summed E-state index contributed by atoms with van der Waals surface area (Å²) in [7, 11) is -0.731. The van der Waals surface area contributed by atoms with Gasteiger partial charge in [-0.15, -0.1) is 0 Å². The lowest BCUT2D eigenvalue weighted by Crippen LogP contribution is -2.52. The minimum absolute atomic E-state index is 0.0264. The van der Waals surface area contributed by atoms with Crippen LogP contribution >= 0.6 is 0 Å². The Kier molecular flexibility index (Phi) is 8.58. The number of rotatable bonds is 9. The van der Waals surface area contributed by atoms with E-state index >= 15 is 0 Å². The molecule has 0 bridgehead atoms. The van der Waals surface area contributed by atoms with Crippen LogP contribution in [-0.4, -0.2) is 44.8 Å². The van der Waals surface area contributed by atoms with Crippen LogP contribution in [0.15, 0.2) is 59.5 Å². The first-order valence-corrected chi connectivity index (χ1v) is 11.4. The van der Waals surface area contributed by atoms with E-state index in [4.69, 9.17) is 0 Å². The molecule has 0 aromatic heterocycles. The Balaban J connectivity index is 2.01. The number of nitrogens with one attached hydrogen (secondary N) is 3. The van der Waals surface area contributed by atoms with E-state index in [-0.39, 0.29) is 23.3 Å². The minimum Gasteiger partial charge on any atom is -0.350 e. The highest BCUT2D eigenvalue weighted by Crippen LogP contribution is 2.18. The van der Waals surface area contributed by atoms with Crippen LogP contribution < -0.4 is 16.0 Å². The van der Waals surface area contributed by atoms with E-state index in [0.717, 1.165) is 9.87 Å². The van der Waals surface area contributed by atoms with Gasteiger partial charge in [-0.25, -0.2) is 17.5 Å². The second-order valence-electron chi connectivity index (χ2n) is 7.65. The maximum atomic E-state index is 12.7. The van der Waals surface area contributed by atoms with Gasteiger partial charge < -0.3 is 16.0 Å². The second-order valence-corrected chi connectivity index (χ2v) is 9.77. The van der Waals surface area contributed by atoms with Gasteiger partial charge in [0, 0.05) is 27.2 Å². The summed E-state index contributed by atoms with van der Waals surface area (Å²) >= 11 is 0. The predicted octanol–water partition coefficient (Wildman–Crippen LogP) is 2.08. The zero-order valence-electron chi connectivity index (χ0n) is 18.3. The summed E-state index contributed by atoms with van der Waals surface area (Å²) in [6.07, 6.45) is 0. The highest BCUT2D eigenvalue weighted by molar-refractivity contribution is 7.89. The van der Waals surface area contributed by atoms with Crippen molar-refractivity contribution in [1.29, 1.82) is 0 Å². The maximum absolute atomic E-state index is 12.7. The first-order valence-electron chi connectivity index (χ1n) is 9.99. The van der Waals surface area contributed by atoms with Gasteiger partial charge in [0.1, 0.15) is 6.04 Å². The van der Waals surface area contributed by atoms with Crippen molar-refractivity contribution in [3.63, 3.8) is 0 Å². The van der Waals surface area contributed by atoms with Gasteiger partial charge in [0.25, 0.3) is 0 Å². The molecule has 31 heavy (non-hydrogen) atoms. The third-order valence-electron chi connectivity index (χ3n) is 4.72. The Labute approximate surface area is 184 Å². The summed E-state index contributed by atoms with van der Waals surface area (Å²) in [6.45, 7) is 4.02. The molecule has 0 aliphatic rings. The fraction of sp³-hybridized carbons (Fsp3) is 0.364. The molecule has 0 aliphatic heterocycles. The maximum Gasteiger partial charge on any atom is 0.315 e. The molecule has 0 spiro atoms. The molecule has 0 heterocycles. The van der Waals surface area contributed by atoms with E-state index in [1.807, 2.05) is 44.2 Å². The molecule has 168 valence electrons. The summed E-state index contributed by atoms with van der Waals surface area (Å²) in [6, 6.07) is 14.7. The first-order chi connectivity index (χ1) is 14.6. The van der Waals surface area contributed by atoms with E-state index in [1.165, 1.54) is 20.2 Å². The lowest BCUT2D eigenvalue weighted by atomic mass is 10.0. The fourth-order valence-electron chi connectivity index (χ4n) is 2.90. The lowest BCUT2D eigenvalue weighted by Gasteiger charge is -2.22. The number of benzene rings is 2. The van der Waals surface area contributed by atoms with Gasteiger partial charge in [0.05, 0.1) is 4.90 Å². The normalized spacial score (nSPS) is 12.5. The van der Waals surface area contributed by atoms with E-state index in [0.29, 0.717) is 12.1 Å². The van der Waals surface area contributed by atoms with Crippen LogP contribution in [0.4, 0.5) is 4.79 Å². The third kappa shape index (κ3) is 6.80. The number of sulfonamides is 1. The van der Waals surface area contributed by atoms with E-state index < -0.39 is 22.1 Å². The van der Waals surface area contributed by atoms with Crippen LogP contribution in [0.1, 0.15) is 25.0 Å². The predicted molar refractivity (Wildman–Crippen MR) is 120 cm³/mol. The molecule has 2 aromatic carbocycles. The van der Waals surface area contributed by atoms with E-state index in [2.05, 4.69) is 16.0 Å². The minimum atomic E-state index is -3.64. The first kappa shape index (κ1) is 24.4. The van der Waals surface area contributed by atoms with Gasteiger partial charge in [0.2, 0.25) is 15.9 Å². The Morgan fingerprint density at radius 1 is 0.903 bits per heavy atom. The number of hydrogen-bond donors (Lipinski definition) is 3. The van der Waals surface area contributed by atoms with Crippen molar-refractivity contribution in [2.24, 2.45) is 5.92 Å². The third-order valence-corrected chi connectivity index (χ3v) is 6.63. The number of urea groups is 1. The zero-order valence-corrected chi connectivity index (χ0v) is 19.1. The van der Waals surface area contributed by atoms with Crippen molar-refractivity contribution in [2.45, 2.75) is 37.9 Å². The van der Waals surface area contributed by atoms with Gasteiger partial charge in [0.15, 0.2) is 0 Å². The quantitative estimate of drug-likeness (QED) is 0.548. The summed E-state index contributed by atoms with van der Waals surface area (Å²) in [5, 5.41) is 8.18. The summed E-state index contributed by atoms with van der Waals surface area (Å²) in [4.78, 5) is 25.2. The number of carbonyl (C=O) groups is 2. The molecular formula is C22H30N4O4S. The summed E-state index contributed by atoms with van der Waals surface area (Å²) in [5.74, 6) is -0.551. The number of hydrogen-bond acceptors (Lipinski definition) is 4. The summed E-state index contributed by atoms with van der Waals surface area (Å²) < 4.78 is 26.2. The Hall–Kier alpha value is -2.91. The van der Waals surface area contributed by atoms with Crippen molar-refractivity contribution in [1.82, 2.24) is 20.3 Å². The van der Waals surface area contributed by atoms with Gasteiger partial charge in [-0.05, 0) is 23.1 Å². The number of nitrogens with zero attached hydrogens (tertiary/aromatic N) is 1. The average Bonchev–Trinajstić information content (AvgIpc) is 2.75. The molecule has 0 saturated heterocycles. The smallest absolute Gasteiger partial charge is 0.315 e. The molecular weight excluding hydrogens is 416 g/mol. The van der Waals surface area contributed by atoms with Crippen molar-refractivity contribution in [3.8, 4) is 0 Å². The summed E-state index contributed by atoms with van der Waals surface area (Å²) in [5.41, 5.74) is 1.42. The Morgan fingerprint density at radius 3 is 2.13 bits per heavy atom. The molecule has 9 heteroatoms. The van der Waals surface area contributed by atoms with Crippen LogP contribution in [0.5, 0.6) is 0 Å². The largest absolute Gasteiger partial charge is 0.350 e. The number of amides is 3. The van der Waals surface area contributed by atoms with E-state index in [1.54, 1.807) is 18.2 Å². The van der Waals surface area contributed by atoms with Crippen LogP contribution in [0, 0.1) is 5.92 Å². The molecule has 3 N–H and O–H groups in total. The molecule has 0 radical (unpaired) electrons. The van der Waals surface area contributed by atoms with E-state index in [9.17, 15) is 18.0 Å². The van der Waals surface area contributed by atoms with Gasteiger partial charge in [-0.1, -0.05) is 62.4 Å². The second kappa shape index (κ2) is 10.9. The molecule has 0 saturated carbocycles. The average molecular weight is 447 g/mol. The molecule has 3 amide bonds. The van der Waals surface area contributed by atoms with Crippen molar-refractivity contribution in [2.75, 3.05) is 14.1 Å². The van der Waals surface area contributed by atoms with Gasteiger partial charge in [-0.3, -0.25) is 4.79 Å². The Morgan fingerprint density at radius 2 is 1.52 bits per heavy atom. The highest BCUT2D eigenvalue weighted by Gasteiger charge is 2.25. The molecule has 0 fully saturated rings. The molecule has 2 aromatic rings. The molecule has 1 unspecified atom stereocenters. The standard InChI is InChI=1S/C22H30N4O4S/c1-16(2)20(25-22(28)24-14-17-10-6-5-7-11-17)21(27)23-15-18-12-8-9-13-19(18)31(29,30)26(3)4/h5-13,16,20H,14-15H2,1-4H3,(H,23,27)(H2,24,25,28). The van der Waals surface area contributed by atoms with Crippen LogP contribution in [0.3, 0.4) is 0 Å². The van der Waals surface area contributed by atoms with Gasteiger partial charge in [-0.2, -0.15) is 0 Å². The monoisotopic (exact) mass is 446 g/mol. The van der Waals surface area contributed by atoms with Crippen molar-refractivity contribution >= 4 is 22.0 Å². The molecule has 0 aliphatic carbocycles. The Bertz CT molecular complexity index is 992. The van der Waals surface area contributed by atoms with Gasteiger partial charge >= 0.3 is 6.03 Å². The van der Waals surface area contributed by atoms with Crippen LogP contribution in [-0.2, 0) is 27.9 Å². The molecule has 8 nitrogen and oxygen atoms in total. The van der Waals surface area contributed by atoms with Crippen LogP contribution in [0.25, 0.3) is 0 Å². The molecule has 2 rings (SSSR count). The zero-order chi connectivity index (χ0) is 23.0. The fourth-order valence-corrected chi connectivity index (χ4v) is 4.01. The SMILES string of the molecule is CC(C)C(NC(=O)NCc1ccccc1)C(=O)NCc1ccccc1S(=O)(=O)N(C)C. The van der Waals surface area contributed by atoms with Crippen molar-refractivity contribution < 1.29 is 18.0 Å². The topological polar surface area (TPSA) is 108 Å². The molecule has 1 atom stereocenters. The lowest BCUT2D eigenvalue weighted by molar-refractivity contribution is -0.124. The number of carbonyl (C=O) groups excluding carboxylic acids is 2. The highest BCUT2D eigenvalue weighted by atomic mass is 32.2. The van der Waals surface area contributed by atoms with Crippen molar-refractivity contribution in [3.05, 3.63) is 65.7 Å². The van der Waals surface area contributed by atoms with Crippen LogP contribution in [0.2, 0.25) is 0 Å².